The fourth-order valence-electron chi connectivity index (χ4n) is 4.06. The van der Waals surface area contributed by atoms with Crippen molar-refractivity contribution in [1.29, 1.82) is 0 Å². The number of sulfone groups is 1. The van der Waals surface area contributed by atoms with E-state index < -0.39 is 26.8 Å². The van der Waals surface area contributed by atoms with Crippen molar-refractivity contribution in [2.75, 3.05) is 18.0 Å². The average Bonchev–Trinajstić information content (AvgIpc) is 3.23. The second-order valence-electron chi connectivity index (χ2n) is 8.15. The van der Waals surface area contributed by atoms with E-state index in [0.717, 1.165) is 45.7 Å². The van der Waals surface area contributed by atoms with Crippen molar-refractivity contribution < 1.29 is 21.6 Å². The van der Waals surface area contributed by atoms with Crippen LogP contribution in [-0.4, -0.2) is 31.7 Å². The highest BCUT2D eigenvalue weighted by Crippen LogP contribution is 2.34. The number of thiazole rings is 1. The number of halogens is 3. The normalized spacial score (nSPS) is 15.8. The Morgan fingerprint density at radius 1 is 1.03 bits per heavy atom. The maximum absolute atomic E-state index is 13.0. The van der Waals surface area contributed by atoms with Crippen LogP contribution in [-0.2, 0) is 16.0 Å². The summed E-state index contributed by atoms with van der Waals surface area (Å²) >= 11 is 1.51. The fourth-order valence-corrected chi connectivity index (χ4v) is 6.73. The summed E-state index contributed by atoms with van der Waals surface area (Å²) in [6.07, 6.45) is -3.89. The summed E-state index contributed by atoms with van der Waals surface area (Å²) in [6.45, 7) is 5.06. The number of rotatable bonds is 4. The van der Waals surface area contributed by atoms with Crippen molar-refractivity contribution >= 4 is 26.3 Å². The zero-order chi connectivity index (χ0) is 23.1. The van der Waals surface area contributed by atoms with Crippen molar-refractivity contribution in [2.24, 2.45) is 0 Å². The minimum Gasteiger partial charge on any atom is -0.348 e. The molecular weight excluding hydrogens is 457 g/mol. The van der Waals surface area contributed by atoms with Gasteiger partial charge in [-0.2, -0.15) is 13.2 Å². The Morgan fingerprint density at radius 3 is 2.31 bits per heavy atom. The summed E-state index contributed by atoms with van der Waals surface area (Å²) in [5.74, 6) is 0. The molecule has 4 rings (SSSR count). The predicted octanol–water partition coefficient (Wildman–Crippen LogP) is 5.89. The first-order valence-electron chi connectivity index (χ1n) is 10.2. The molecule has 170 valence electrons. The van der Waals surface area contributed by atoms with E-state index in [9.17, 15) is 21.6 Å². The molecule has 0 unspecified atom stereocenters. The number of aryl methyl sites for hydroxylation is 2. The molecule has 3 aromatic rings. The number of nitrogens with zero attached hydrogens (tertiary/aromatic N) is 2. The monoisotopic (exact) mass is 480 g/mol. The van der Waals surface area contributed by atoms with Crippen LogP contribution in [0.4, 0.5) is 18.3 Å². The number of hydrogen-bond donors (Lipinski definition) is 0. The first-order valence-corrected chi connectivity index (χ1v) is 12.7. The SMILES string of the molecule is Cc1cc(C)cc(-c2csc(N3CCC(S(=O)(=O)c4cccc(C(F)(F)F)c4)CC3)n2)c1. The van der Waals surface area contributed by atoms with Crippen LogP contribution in [0.15, 0.2) is 52.7 Å². The molecule has 1 aromatic heterocycles. The Hall–Kier alpha value is -2.39. The molecule has 0 spiro atoms. The minimum absolute atomic E-state index is 0.267. The Kier molecular flexibility index (Phi) is 6.06. The van der Waals surface area contributed by atoms with E-state index in [4.69, 9.17) is 4.98 Å². The Balaban J connectivity index is 1.47. The van der Waals surface area contributed by atoms with Crippen LogP contribution in [0.1, 0.15) is 29.5 Å². The van der Waals surface area contributed by atoms with Crippen molar-refractivity contribution in [1.82, 2.24) is 4.98 Å². The molecule has 0 radical (unpaired) electrons. The van der Waals surface area contributed by atoms with E-state index in [-0.39, 0.29) is 4.90 Å². The molecule has 2 heterocycles. The third kappa shape index (κ3) is 4.68. The van der Waals surface area contributed by atoms with Gasteiger partial charge in [0.1, 0.15) is 0 Å². The van der Waals surface area contributed by atoms with Crippen molar-refractivity contribution in [2.45, 2.75) is 43.0 Å². The number of aromatic nitrogens is 1. The van der Waals surface area contributed by atoms with Gasteiger partial charge < -0.3 is 4.90 Å². The van der Waals surface area contributed by atoms with Gasteiger partial charge in [-0.05, 0) is 57.0 Å². The number of hydrogen-bond acceptors (Lipinski definition) is 5. The minimum atomic E-state index is -4.58. The van der Waals surface area contributed by atoms with E-state index >= 15 is 0 Å². The van der Waals surface area contributed by atoms with Gasteiger partial charge in [0.15, 0.2) is 15.0 Å². The highest BCUT2D eigenvalue weighted by atomic mass is 32.2. The lowest BCUT2D eigenvalue weighted by Gasteiger charge is -2.31. The summed E-state index contributed by atoms with van der Waals surface area (Å²) in [5, 5.41) is 2.12. The lowest BCUT2D eigenvalue weighted by atomic mass is 10.1. The standard InChI is InChI=1S/C23H23F3N2O2S2/c1-15-10-16(2)12-17(11-15)21-14-31-22(27-21)28-8-6-19(7-9-28)32(29,30)20-5-3-4-18(13-20)23(24,25)26/h3-5,10-14,19H,6-9H2,1-2H3. The molecule has 1 fully saturated rings. The van der Waals surface area contributed by atoms with Gasteiger partial charge in [0.05, 0.1) is 21.4 Å². The fraction of sp³-hybridized carbons (Fsp3) is 0.348. The zero-order valence-corrected chi connectivity index (χ0v) is 19.3. The Morgan fingerprint density at radius 2 is 1.69 bits per heavy atom. The predicted molar refractivity (Wildman–Crippen MR) is 121 cm³/mol. The van der Waals surface area contributed by atoms with Crippen molar-refractivity contribution in [3.8, 4) is 11.3 Å². The van der Waals surface area contributed by atoms with Gasteiger partial charge in [0.25, 0.3) is 0 Å². The first-order chi connectivity index (χ1) is 15.0. The van der Waals surface area contributed by atoms with Crippen LogP contribution < -0.4 is 4.90 Å². The number of alkyl halides is 3. The van der Waals surface area contributed by atoms with E-state index in [1.165, 1.54) is 17.4 Å². The Bertz CT molecular complexity index is 1210. The molecule has 0 atom stereocenters. The third-order valence-corrected chi connectivity index (χ3v) is 8.81. The lowest BCUT2D eigenvalue weighted by Crippen LogP contribution is -2.39. The van der Waals surface area contributed by atoms with Crippen LogP contribution in [0.25, 0.3) is 11.3 Å². The van der Waals surface area contributed by atoms with E-state index in [2.05, 4.69) is 23.1 Å². The molecule has 0 aliphatic carbocycles. The van der Waals surface area contributed by atoms with Gasteiger partial charge >= 0.3 is 6.18 Å². The van der Waals surface area contributed by atoms with E-state index in [0.29, 0.717) is 25.9 Å². The van der Waals surface area contributed by atoms with Crippen LogP contribution in [0, 0.1) is 13.8 Å². The maximum atomic E-state index is 13.0. The first kappa shape index (κ1) is 22.8. The zero-order valence-electron chi connectivity index (χ0n) is 17.7. The number of anilines is 1. The maximum Gasteiger partial charge on any atom is 0.416 e. The average molecular weight is 481 g/mol. The molecule has 2 aromatic carbocycles. The second-order valence-corrected chi connectivity index (χ2v) is 11.2. The lowest BCUT2D eigenvalue weighted by molar-refractivity contribution is -0.137. The van der Waals surface area contributed by atoms with Gasteiger partial charge in [0.2, 0.25) is 0 Å². The van der Waals surface area contributed by atoms with E-state index in [1.54, 1.807) is 0 Å². The Labute approximate surface area is 189 Å². The molecule has 1 aliphatic rings. The summed E-state index contributed by atoms with van der Waals surface area (Å²) in [4.78, 5) is 6.52. The molecule has 4 nitrogen and oxygen atoms in total. The highest BCUT2D eigenvalue weighted by molar-refractivity contribution is 7.92. The van der Waals surface area contributed by atoms with E-state index in [1.807, 2.05) is 19.2 Å². The molecule has 32 heavy (non-hydrogen) atoms. The molecule has 0 amide bonds. The van der Waals surface area contributed by atoms with Gasteiger partial charge in [-0.15, -0.1) is 11.3 Å². The second kappa shape index (κ2) is 8.51. The molecule has 0 saturated carbocycles. The molecule has 0 bridgehead atoms. The quantitative estimate of drug-likeness (QED) is 0.467. The third-order valence-electron chi connectivity index (χ3n) is 5.65. The van der Waals surface area contributed by atoms with Crippen molar-refractivity contribution in [3.05, 3.63) is 64.5 Å². The van der Waals surface area contributed by atoms with Crippen molar-refractivity contribution in [3.63, 3.8) is 0 Å². The smallest absolute Gasteiger partial charge is 0.348 e. The molecule has 1 saturated heterocycles. The molecule has 1 aliphatic heterocycles. The van der Waals surface area contributed by atoms with Crippen LogP contribution in [0.3, 0.4) is 0 Å². The number of benzene rings is 2. The van der Waals surface area contributed by atoms with Crippen LogP contribution in [0.2, 0.25) is 0 Å². The van der Waals surface area contributed by atoms with Crippen LogP contribution >= 0.6 is 11.3 Å². The van der Waals surface area contributed by atoms with Gasteiger partial charge in [-0.3, -0.25) is 0 Å². The molecule has 0 N–H and O–H groups in total. The van der Waals surface area contributed by atoms with Gasteiger partial charge in [-0.25, -0.2) is 13.4 Å². The molecule has 9 heteroatoms. The summed E-state index contributed by atoms with van der Waals surface area (Å²) in [7, 11) is -3.84. The number of piperidine rings is 1. The summed E-state index contributed by atoms with van der Waals surface area (Å²) < 4.78 is 64.9. The highest BCUT2D eigenvalue weighted by Gasteiger charge is 2.35. The van der Waals surface area contributed by atoms with Gasteiger partial charge in [-0.1, -0.05) is 23.3 Å². The summed E-state index contributed by atoms with van der Waals surface area (Å²) in [6, 6.07) is 10.3. The summed E-state index contributed by atoms with van der Waals surface area (Å²) in [5.41, 5.74) is 3.31. The molecular formula is C23H23F3N2O2S2. The van der Waals surface area contributed by atoms with Crippen LogP contribution in [0.5, 0.6) is 0 Å². The van der Waals surface area contributed by atoms with Gasteiger partial charge in [0, 0.05) is 24.0 Å². The largest absolute Gasteiger partial charge is 0.416 e. The topological polar surface area (TPSA) is 50.3 Å².